The highest BCUT2D eigenvalue weighted by Crippen LogP contribution is 2.37. The van der Waals surface area contributed by atoms with Crippen molar-refractivity contribution in [3.05, 3.63) is 65.0 Å². The largest absolute Gasteiger partial charge is 0.494 e. The zero-order valence-corrected chi connectivity index (χ0v) is 19.5. The molecule has 186 valence electrons. The van der Waals surface area contributed by atoms with Crippen molar-refractivity contribution >= 4 is 29.1 Å². The number of primary amides is 1. The lowest BCUT2D eigenvalue weighted by atomic mass is 10.0. The van der Waals surface area contributed by atoms with Gasteiger partial charge in [-0.05, 0) is 43.5 Å². The fourth-order valence-corrected chi connectivity index (χ4v) is 4.75. The van der Waals surface area contributed by atoms with Gasteiger partial charge in [-0.3, -0.25) is 14.4 Å². The molecule has 0 unspecified atom stereocenters. The van der Waals surface area contributed by atoms with Crippen LogP contribution in [0.1, 0.15) is 45.8 Å². The molecule has 3 amide bonds. The number of rotatable bonds is 5. The van der Waals surface area contributed by atoms with Crippen LogP contribution >= 0.6 is 0 Å². The van der Waals surface area contributed by atoms with Gasteiger partial charge in [-0.15, -0.1) is 0 Å². The predicted molar refractivity (Wildman–Crippen MR) is 127 cm³/mol. The number of carbonyl (C=O) groups is 3. The van der Waals surface area contributed by atoms with Crippen LogP contribution in [0.4, 0.5) is 20.2 Å². The van der Waals surface area contributed by atoms with Gasteiger partial charge in [0.15, 0.2) is 11.5 Å². The lowest BCUT2D eigenvalue weighted by Crippen LogP contribution is -2.39. The quantitative estimate of drug-likeness (QED) is 0.585. The Kier molecular flexibility index (Phi) is 5.91. The summed E-state index contributed by atoms with van der Waals surface area (Å²) in [6, 6.07) is 7.98. The molecule has 0 spiro atoms. The summed E-state index contributed by atoms with van der Waals surface area (Å²) in [5, 5.41) is 4.11. The van der Waals surface area contributed by atoms with Crippen molar-refractivity contribution in [3.63, 3.8) is 0 Å². The maximum Gasteiger partial charge on any atom is 0.277 e. The number of amides is 3. The van der Waals surface area contributed by atoms with E-state index in [0.29, 0.717) is 41.7 Å². The van der Waals surface area contributed by atoms with Crippen molar-refractivity contribution in [2.45, 2.75) is 25.7 Å². The van der Waals surface area contributed by atoms with Crippen LogP contribution in [0.3, 0.4) is 0 Å². The number of carbonyl (C=O) groups excluding carboxylic acids is 3. The van der Waals surface area contributed by atoms with Gasteiger partial charge in [0.1, 0.15) is 22.9 Å². The SMILES string of the molecule is COc1cc(N2CCCCC2=O)ccc1N1CCc2c(C(N)=O)nn(-c3ccc(F)cc3F)c2C1=O. The monoisotopic (exact) mass is 495 g/mol. The molecule has 1 fully saturated rings. The van der Waals surface area contributed by atoms with Crippen LogP contribution in [0.2, 0.25) is 0 Å². The number of hydrogen-bond acceptors (Lipinski definition) is 5. The number of nitrogens with two attached hydrogens (primary N) is 1. The molecule has 2 aromatic carbocycles. The van der Waals surface area contributed by atoms with Crippen molar-refractivity contribution in [2.24, 2.45) is 5.73 Å². The summed E-state index contributed by atoms with van der Waals surface area (Å²) in [7, 11) is 1.46. The van der Waals surface area contributed by atoms with Gasteiger partial charge in [-0.1, -0.05) is 0 Å². The molecule has 3 aromatic rings. The smallest absolute Gasteiger partial charge is 0.277 e. The van der Waals surface area contributed by atoms with Crippen molar-refractivity contribution in [1.29, 1.82) is 0 Å². The lowest BCUT2D eigenvalue weighted by Gasteiger charge is -2.31. The fraction of sp³-hybridized carbons (Fsp3) is 0.280. The Morgan fingerprint density at radius 2 is 1.78 bits per heavy atom. The topological polar surface area (TPSA) is 111 Å². The first-order valence-corrected chi connectivity index (χ1v) is 11.5. The fourth-order valence-electron chi connectivity index (χ4n) is 4.75. The zero-order chi connectivity index (χ0) is 25.6. The van der Waals surface area contributed by atoms with E-state index in [9.17, 15) is 23.2 Å². The van der Waals surface area contributed by atoms with E-state index in [1.165, 1.54) is 12.0 Å². The van der Waals surface area contributed by atoms with Crippen molar-refractivity contribution in [1.82, 2.24) is 9.78 Å². The summed E-state index contributed by atoms with van der Waals surface area (Å²) in [5.74, 6) is -2.76. The molecule has 5 rings (SSSR count). The molecule has 0 atom stereocenters. The first-order valence-electron chi connectivity index (χ1n) is 11.5. The van der Waals surface area contributed by atoms with Crippen LogP contribution in [0, 0.1) is 11.6 Å². The summed E-state index contributed by atoms with van der Waals surface area (Å²) in [6.45, 7) is 0.785. The molecule has 3 heterocycles. The minimum atomic E-state index is -0.950. The zero-order valence-electron chi connectivity index (χ0n) is 19.5. The number of benzene rings is 2. The van der Waals surface area contributed by atoms with Crippen LogP contribution in [0.25, 0.3) is 5.69 Å². The Morgan fingerprint density at radius 3 is 2.47 bits per heavy atom. The van der Waals surface area contributed by atoms with Gasteiger partial charge in [0.25, 0.3) is 11.8 Å². The second kappa shape index (κ2) is 9.06. The molecule has 0 bridgehead atoms. The summed E-state index contributed by atoms with van der Waals surface area (Å²) in [4.78, 5) is 41.3. The molecular weight excluding hydrogens is 472 g/mol. The van der Waals surface area contributed by atoms with Crippen LogP contribution in [0.15, 0.2) is 36.4 Å². The molecular formula is C25H23F2N5O4. The second-order valence-corrected chi connectivity index (χ2v) is 8.61. The summed E-state index contributed by atoms with van der Waals surface area (Å²) in [6.07, 6.45) is 2.45. The van der Waals surface area contributed by atoms with E-state index in [0.717, 1.165) is 29.7 Å². The maximum atomic E-state index is 14.6. The third-order valence-electron chi connectivity index (χ3n) is 6.48. The minimum Gasteiger partial charge on any atom is -0.494 e. The third-order valence-corrected chi connectivity index (χ3v) is 6.48. The highest BCUT2D eigenvalue weighted by atomic mass is 19.1. The number of fused-ring (bicyclic) bond motifs is 1. The Hall–Kier alpha value is -4.28. The van der Waals surface area contributed by atoms with Gasteiger partial charge in [0.2, 0.25) is 5.91 Å². The van der Waals surface area contributed by atoms with Gasteiger partial charge in [0.05, 0.1) is 12.8 Å². The van der Waals surface area contributed by atoms with E-state index in [4.69, 9.17) is 10.5 Å². The maximum absolute atomic E-state index is 14.6. The first kappa shape index (κ1) is 23.5. The molecule has 0 aliphatic carbocycles. The number of nitrogens with zero attached hydrogens (tertiary/aromatic N) is 4. The molecule has 0 saturated carbocycles. The Bertz CT molecular complexity index is 1400. The van der Waals surface area contributed by atoms with Crippen LogP contribution in [-0.2, 0) is 11.2 Å². The minimum absolute atomic E-state index is 0.0268. The molecule has 0 radical (unpaired) electrons. The van der Waals surface area contributed by atoms with E-state index in [-0.39, 0.29) is 35.9 Å². The first-order chi connectivity index (χ1) is 17.3. The molecule has 2 aliphatic rings. The van der Waals surface area contributed by atoms with Crippen molar-refractivity contribution in [3.8, 4) is 11.4 Å². The van der Waals surface area contributed by atoms with Gasteiger partial charge in [-0.25, -0.2) is 13.5 Å². The normalized spacial score (nSPS) is 15.8. The average molecular weight is 495 g/mol. The van der Waals surface area contributed by atoms with E-state index >= 15 is 0 Å². The van der Waals surface area contributed by atoms with Crippen molar-refractivity contribution < 1.29 is 27.9 Å². The molecule has 1 saturated heterocycles. The molecule has 11 heteroatoms. The highest BCUT2D eigenvalue weighted by Gasteiger charge is 2.36. The lowest BCUT2D eigenvalue weighted by molar-refractivity contribution is -0.119. The number of methoxy groups -OCH3 is 1. The van der Waals surface area contributed by atoms with Gasteiger partial charge >= 0.3 is 0 Å². The van der Waals surface area contributed by atoms with E-state index in [1.54, 1.807) is 23.1 Å². The summed E-state index contributed by atoms with van der Waals surface area (Å²) >= 11 is 0. The second-order valence-electron chi connectivity index (χ2n) is 8.61. The van der Waals surface area contributed by atoms with E-state index in [2.05, 4.69) is 5.10 Å². The Morgan fingerprint density at radius 1 is 1.00 bits per heavy atom. The molecule has 2 aliphatic heterocycles. The molecule has 1 aromatic heterocycles. The van der Waals surface area contributed by atoms with Crippen LogP contribution < -0.4 is 20.3 Å². The van der Waals surface area contributed by atoms with Gasteiger partial charge in [-0.2, -0.15) is 5.10 Å². The summed E-state index contributed by atoms with van der Waals surface area (Å²) in [5.41, 5.74) is 6.50. The number of anilines is 2. The molecule has 9 nitrogen and oxygen atoms in total. The highest BCUT2D eigenvalue weighted by molar-refractivity contribution is 6.10. The van der Waals surface area contributed by atoms with Crippen molar-refractivity contribution in [2.75, 3.05) is 30.0 Å². The number of aromatic nitrogens is 2. The number of ether oxygens (including phenoxy) is 1. The van der Waals surface area contributed by atoms with Gasteiger partial charge in [0, 0.05) is 42.9 Å². The number of halogens is 2. The van der Waals surface area contributed by atoms with Gasteiger partial charge < -0.3 is 20.3 Å². The van der Waals surface area contributed by atoms with Crippen LogP contribution in [0.5, 0.6) is 5.75 Å². The van der Waals surface area contributed by atoms with E-state index < -0.39 is 23.4 Å². The van der Waals surface area contributed by atoms with Crippen LogP contribution in [-0.4, -0.2) is 47.7 Å². The number of piperidine rings is 1. The summed E-state index contributed by atoms with van der Waals surface area (Å²) < 4.78 is 34.7. The standard InChI is InChI=1S/C25H23F2N5O4/c1-36-20-13-15(30-10-3-2-4-21(30)33)6-8-19(20)31-11-9-16-22(24(28)34)29-32(23(16)25(31)35)18-7-5-14(26)12-17(18)27/h5-8,12-13H,2-4,9-11H2,1H3,(H2,28,34). The Balaban J connectivity index is 1.58. The molecule has 2 N–H and O–H groups in total. The molecule has 36 heavy (non-hydrogen) atoms. The number of hydrogen-bond donors (Lipinski definition) is 1. The van der Waals surface area contributed by atoms with E-state index in [1.807, 2.05) is 0 Å². The predicted octanol–water partition coefficient (Wildman–Crippen LogP) is 2.98. The third kappa shape index (κ3) is 3.86. The Labute approximate surface area is 205 Å². The average Bonchev–Trinajstić information content (AvgIpc) is 3.25.